The first-order valence-electron chi connectivity index (χ1n) is 9.28. The fourth-order valence-electron chi connectivity index (χ4n) is 3.56. The summed E-state index contributed by atoms with van der Waals surface area (Å²) in [6.45, 7) is 1.77. The number of ketones is 1. The zero-order chi connectivity index (χ0) is 22.3. The van der Waals surface area contributed by atoms with Crippen LogP contribution in [0.15, 0.2) is 73.5 Å². The molecule has 3 aromatic rings. The van der Waals surface area contributed by atoms with Crippen molar-refractivity contribution in [2.24, 2.45) is 0 Å². The van der Waals surface area contributed by atoms with E-state index in [9.17, 15) is 14.7 Å². The number of carbonyl (C=O) groups is 2. The Morgan fingerprint density at radius 2 is 1.87 bits per heavy atom. The van der Waals surface area contributed by atoms with Gasteiger partial charge in [0, 0.05) is 15.7 Å². The number of anilines is 1. The summed E-state index contributed by atoms with van der Waals surface area (Å²) in [4.78, 5) is 27.5. The number of aliphatic hydroxyl groups excluding tert-OH is 1. The summed E-state index contributed by atoms with van der Waals surface area (Å²) in [6, 6.07) is 14.5. The van der Waals surface area contributed by atoms with Crippen LogP contribution in [0.4, 0.5) is 5.69 Å². The lowest BCUT2D eigenvalue weighted by molar-refractivity contribution is -0.132. The average molecular weight is 547 g/mol. The molecule has 1 fully saturated rings. The molecule has 8 heteroatoms. The number of nitrogens with zero attached hydrogens (tertiary/aromatic N) is 1. The van der Waals surface area contributed by atoms with E-state index in [-0.39, 0.29) is 11.3 Å². The number of benzene rings is 2. The van der Waals surface area contributed by atoms with Crippen molar-refractivity contribution in [2.75, 3.05) is 12.0 Å². The molecule has 1 atom stereocenters. The third kappa shape index (κ3) is 3.81. The minimum atomic E-state index is -0.913. The van der Waals surface area contributed by atoms with Crippen LogP contribution in [0.5, 0.6) is 5.75 Å². The number of hydrogen-bond acceptors (Lipinski definition) is 5. The first-order valence-corrected chi connectivity index (χ1v) is 10.9. The number of furan rings is 1. The summed E-state index contributed by atoms with van der Waals surface area (Å²) in [5, 5.41) is 11.1. The molecule has 158 valence electrons. The second-order valence-electron chi connectivity index (χ2n) is 6.95. The molecule has 1 amide bonds. The predicted molar refractivity (Wildman–Crippen MR) is 123 cm³/mol. The lowest BCUT2D eigenvalue weighted by Crippen LogP contribution is -2.29. The molecule has 0 bridgehead atoms. The van der Waals surface area contributed by atoms with Crippen LogP contribution in [-0.2, 0) is 9.59 Å². The fraction of sp³-hybridized carbons (Fsp3) is 0.130. The van der Waals surface area contributed by atoms with Crippen LogP contribution < -0.4 is 9.64 Å². The summed E-state index contributed by atoms with van der Waals surface area (Å²) in [6.07, 6.45) is 0. The topological polar surface area (TPSA) is 80.0 Å². The smallest absolute Gasteiger partial charge is 0.300 e. The Balaban J connectivity index is 1.93. The Kier molecular flexibility index (Phi) is 5.77. The minimum Gasteiger partial charge on any atom is -0.507 e. The third-order valence-corrected chi connectivity index (χ3v) is 6.10. The molecular weight excluding hydrogens is 530 g/mol. The number of aryl methyl sites for hydroxylation is 1. The van der Waals surface area contributed by atoms with Gasteiger partial charge in [0.05, 0.1) is 17.2 Å². The molecule has 0 saturated carbocycles. The first kappa shape index (κ1) is 21.4. The molecule has 0 radical (unpaired) electrons. The quantitative estimate of drug-likeness (QED) is 0.256. The number of rotatable bonds is 4. The number of carbonyl (C=O) groups excluding carboxylic acids is 2. The van der Waals surface area contributed by atoms with Crippen molar-refractivity contribution in [2.45, 2.75) is 13.0 Å². The van der Waals surface area contributed by atoms with Crippen LogP contribution in [0.2, 0.25) is 0 Å². The first-order chi connectivity index (χ1) is 14.8. The highest BCUT2D eigenvalue weighted by Crippen LogP contribution is 2.43. The zero-order valence-electron chi connectivity index (χ0n) is 16.6. The van der Waals surface area contributed by atoms with Gasteiger partial charge in [0.1, 0.15) is 29.1 Å². The van der Waals surface area contributed by atoms with E-state index < -0.39 is 17.7 Å². The number of halogens is 2. The van der Waals surface area contributed by atoms with Crippen LogP contribution in [0, 0.1) is 6.92 Å². The van der Waals surface area contributed by atoms with Crippen LogP contribution in [0.3, 0.4) is 0 Å². The van der Waals surface area contributed by atoms with Crippen molar-refractivity contribution < 1.29 is 23.8 Å². The Bertz CT molecular complexity index is 1230. The van der Waals surface area contributed by atoms with E-state index in [4.69, 9.17) is 9.15 Å². The minimum absolute atomic E-state index is 0.0450. The van der Waals surface area contributed by atoms with E-state index in [1.807, 2.05) is 6.07 Å². The van der Waals surface area contributed by atoms with Crippen molar-refractivity contribution in [1.29, 1.82) is 0 Å². The van der Waals surface area contributed by atoms with Gasteiger partial charge in [-0.05, 0) is 71.4 Å². The average Bonchev–Trinajstić information content (AvgIpc) is 3.28. The van der Waals surface area contributed by atoms with Gasteiger partial charge in [-0.1, -0.05) is 22.0 Å². The maximum atomic E-state index is 13.1. The maximum absolute atomic E-state index is 13.1. The van der Waals surface area contributed by atoms with Gasteiger partial charge < -0.3 is 14.3 Å². The van der Waals surface area contributed by atoms with E-state index in [2.05, 4.69) is 31.9 Å². The van der Waals surface area contributed by atoms with Gasteiger partial charge in [-0.2, -0.15) is 0 Å². The number of amides is 1. The van der Waals surface area contributed by atoms with Crippen molar-refractivity contribution in [1.82, 2.24) is 0 Å². The number of ether oxygens (including phenoxy) is 1. The third-order valence-electron chi connectivity index (χ3n) is 4.99. The molecular formula is C23H17Br2NO5. The van der Waals surface area contributed by atoms with Crippen LogP contribution in [0.1, 0.15) is 23.1 Å². The van der Waals surface area contributed by atoms with Crippen LogP contribution in [-0.4, -0.2) is 23.9 Å². The molecule has 6 nitrogen and oxygen atoms in total. The van der Waals surface area contributed by atoms with Crippen molar-refractivity contribution in [3.05, 3.63) is 86.2 Å². The van der Waals surface area contributed by atoms with Gasteiger partial charge in [-0.3, -0.25) is 14.5 Å². The fourth-order valence-corrected chi connectivity index (χ4v) is 4.49. The van der Waals surface area contributed by atoms with Gasteiger partial charge >= 0.3 is 0 Å². The standard InChI is InChI=1S/C23H17Br2NO5/c1-12-6-8-18(31-12)20-19(21(27)13-7-9-17(30-2)16(25)10-13)22(28)23(29)26(20)15-5-3-4-14(24)11-15/h3-11,20,27H,1-2H3/b21-19-. The summed E-state index contributed by atoms with van der Waals surface area (Å²) in [5.41, 5.74) is 0.829. The summed E-state index contributed by atoms with van der Waals surface area (Å²) >= 11 is 6.79. The molecule has 31 heavy (non-hydrogen) atoms. The normalized spacial score (nSPS) is 17.9. The highest BCUT2D eigenvalue weighted by Gasteiger charge is 2.48. The Labute approximate surface area is 195 Å². The molecule has 1 N–H and O–H groups in total. The molecule has 1 aliphatic heterocycles. The largest absolute Gasteiger partial charge is 0.507 e. The van der Waals surface area contributed by atoms with E-state index in [0.717, 1.165) is 4.47 Å². The zero-order valence-corrected chi connectivity index (χ0v) is 19.7. The van der Waals surface area contributed by atoms with Gasteiger partial charge in [-0.15, -0.1) is 0 Å². The van der Waals surface area contributed by atoms with E-state index in [1.54, 1.807) is 55.5 Å². The van der Waals surface area contributed by atoms with Gasteiger partial charge in [0.2, 0.25) is 0 Å². The summed E-state index contributed by atoms with van der Waals surface area (Å²) in [7, 11) is 1.53. The second kappa shape index (κ2) is 8.36. The van der Waals surface area contributed by atoms with Crippen molar-refractivity contribution >= 4 is 55.0 Å². The van der Waals surface area contributed by atoms with E-state index in [0.29, 0.717) is 33.0 Å². The monoisotopic (exact) mass is 545 g/mol. The molecule has 0 spiro atoms. The van der Waals surface area contributed by atoms with Gasteiger partial charge in [0.25, 0.3) is 11.7 Å². The van der Waals surface area contributed by atoms with Crippen LogP contribution in [0.25, 0.3) is 5.76 Å². The Morgan fingerprint density at radius 1 is 1.10 bits per heavy atom. The molecule has 1 aliphatic rings. The lowest BCUT2D eigenvalue weighted by atomic mass is 9.99. The number of hydrogen-bond donors (Lipinski definition) is 1. The summed E-state index contributed by atoms with van der Waals surface area (Å²) < 4.78 is 12.4. The number of methoxy groups -OCH3 is 1. The van der Waals surface area contributed by atoms with Gasteiger partial charge in [0.15, 0.2) is 0 Å². The number of Topliss-reactive ketones (excluding diaryl/α,β-unsaturated/α-hetero) is 1. The van der Waals surface area contributed by atoms with Crippen molar-refractivity contribution in [3.8, 4) is 5.75 Å². The Morgan fingerprint density at radius 3 is 2.48 bits per heavy atom. The second-order valence-corrected chi connectivity index (χ2v) is 8.72. The molecule has 1 saturated heterocycles. The maximum Gasteiger partial charge on any atom is 0.300 e. The van der Waals surface area contributed by atoms with Crippen LogP contribution >= 0.6 is 31.9 Å². The predicted octanol–water partition coefficient (Wildman–Crippen LogP) is 5.75. The SMILES string of the molecule is COc1ccc(/C(O)=C2/C(=O)C(=O)N(c3cccc(Br)c3)C2c2ccc(C)o2)cc1Br. The van der Waals surface area contributed by atoms with E-state index in [1.165, 1.54) is 12.0 Å². The lowest BCUT2D eigenvalue weighted by Gasteiger charge is -2.23. The van der Waals surface area contributed by atoms with Crippen molar-refractivity contribution in [3.63, 3.8) is 0 Å². The molecule has 1 aromatic heterocycles. The molecule has 4 rings (SSSR count). The molecule has 2 heterocycles. The highest BCUT2D eigenvalue weighted by atomic mass is 79.9. The molecule has 0 aliphatic carbocycles. The number of aliphatic hydroxyl groups is 1. The molecule has 1 unspecified atom stereocenters. The molecule has 2 aromatic carbocycles. The summed E-state index contributed by atoms with van der Waals surface area (Å²) in [5.74, 6) is -0.245. The van der Waals surface area contributed by atoms with Gasteiger partial charge in [-0.25, -0.2) is 0 Å². The highest BCUT2D eigenvalue weighted by molar-refractivity contribution is 9.10. The Hall–Kier alpha value is -2.84. The van der Waals surface area contributed by atoms with E-state index >= 15 is 0 Å².